The van der Waals surface area contributed by atoms with Crippen LogP contribution in [0.25, 0.3) is 0 Å². The van der Waals surface area contributed by atoms with Crippen LogP contribution in [0.15, 0.2) is 28.6 Å². The lowest BCUT2D eigenvalue weighted by atomic mass is 10.2. The highest BCUT2D eigenvalue weighted by Crippen LogP contribution is 2.19. The first-order valence-electron chi connectivity index (χ1n) is 7.23. The number of hydrogen-bond acceptors (Lipinski definition) is 7. The number of benzene rings is 1. The fraction of sp³-hybridized carbons (Fsp3) is 0.357. The zero-order valence-corrected chi connectivity index (χ0v) is 14.9. The minimum atomic E-state index is -3.78. The van der Waals surface area contributed by atoms with E-state index in [4.69, 9.17) is 4.74 Å². The number of nitrogens with zero attached hydrogens (tertiary/aromatic N) is 2. The Hall–Kier alpha value is -2.04. The van der Waals surface area contributed by atoms with Crippen LogP contribution in [0, 0.1) is 6.92 Å². The molecule has 1 amide bonds. The van der Waals surface area contributed by atoms with Crippen LogP contribution in [0.1, 0.15) is 18.9 Å². The van der Waals surface area contributed by atoms with Gasteiger partial charge < -0.3 is 10.1 Å². The topological polar surface area (TPSA) is 110 Å². The van der Waals surface area contributed by atoms with E-state index in [0.717, 1.165) is 16.9 Å². The molecule has 0 saturated heterocycles. The van der Waals surface area contributed by atoms with Gasteiger partial charge in [0.25, 0.3) is 10.0 Å². The molecule has 0 radical (unpaired) electrons. The molecule has 1 aromatic heterocycles. The molecular formula is C14H18N4O4S2. The van der Waals surface area contributed by atoms with Crippen molar-refractivity contribution in [1.82, 2.24) is 14.9 Å². The van der Waals surface area contributed by atoms with Crippen LogP contribution in [0.3, 0.4) is 0 Å². The number of sulfonamides is 1. The molecule has 1 aromatic carbocycles. The molecule has 0 aliphatic rings. The Morgan fingerprint density at radius 2 is 1.96 bits per heavy atom. The normalized spacial score (nSPS) is 11.2. The van der Waals surface area contributed by atoms with Crippen LogP contribution in [-0.2, 0) is 14.8 Å². The van der Waals surface area contributed by atoms with E-state index in [9.17, 15) is 13.2 Å². The van der Waals surface area contributed by atoms with Gasteiger partial charge in [-0.05, 0) is 19.1 Å². The quantitative estimate of drug-likeness (QED) is 0.539. The zero-order chi connectivity index (χ0) is 17.6. The van der Waals surface area contributed by atoms with Crippen molar-refractivity contribution in [3.8, 4) is 5.75 Å². The van der Waals surface area contributed by atoms with Crippen LogP contribution in [0.5, 0.6) is 5.75 Å². The lowest BCUT2D eigenvalue weighted by molar-refractivity contribution is -0.115. The van der Waals surface area contributed by atoms with E-state index < -0.39 is 10.0 Å². The summed E-state index contributed by atoms with van der Waals surface area (Å²) >= 11 is 0.794. The number of hydrogen-bond donors (Lipinski definition) is 2. The van der Waals surface area contributed by atoms with Gasteiger partial charge in [-0.15, -0.1) is 10.2 Å². The fourth-order valence-corrected chi connectivity index (χ4v) is 3.59. The Balaban J connectivity index is 1.84. The third-order valence-corrected chi connectivity index (χ3v) is 5.55. The molecule has 24 heavy (non-hydrogen) atoms. The molecule has 0 aliphatic heterocycles. The number of aromatic nitrogens is 2. The number of carbonyl (C=O) groups is 1. The van der Waals surface area contributed by atoms with Crippen molar-refractivity contribution in [2.24, 2.45) is 0 Å². The summed E-state index contributed by atoms with van der Waals surface area (Å²) in [6, 6.07) is 7.45. The number of nitrogens with one attached hydrogen (secondary N) is 2. The first-order chi connectivity index (χ1) is 11.4. The molecule has 1 heterocycles. The maximum Gasteiger partial charge on any atom is 0.269 e. The maximum absolute atomic E-state index is 12.1. The van der Waals surface area contributed by atoms with E-state index in [1.165, 1.54) is 0 Å². The van der Waals surface area contributed by atoms with E-state index >= 15 is 0 Å². The van der Waals surface area contributed by atoms with Gasteiger partial charge in [-0.2, -0.15) is 0 Å². The summed E-state index contributed by atoms with van der Waals surface area (Å²) < 4.78 is 31.8. The minimum absolute atomic E-state index is 0.0897. The highest BCUT2D eigenvalue weighted by molar-refractivity contribution is 7.91. The van der Waals surface area contributed by atoms with E-state index in [-0.39, 0.29) is 35.0 Å². The first-order valence-corrected chi connectivity index (χ1v) is 9.53. The number of carbonyl (C=O) groups excluding carboxylic acids is 1. The van der Waals surface area contributed by atoms with E-state index in [2.05, 4.69) is 20.2 Å². The van der Waals surface area contributed by atoms with Gasteiger partial charge in [-0.3, -0.25) is 4.79 Å². The van der Waals surface area contributed by atoms with Gasteiger partial charge in [-0.25, -0.2) is 13.1 Å². The van der Waals surface area contributed by atoms with E-state index in [1.54, 1.807) is 6.92 Å². The van der Waals surface area contributed by atoms with Crippen molar-refractivity contribution >= 4 is 32.4 Å². The largest absolute Gasteiger partial charge is 0.492 e. The molecule has 0 aliphatic carbocycles. The second-order valence-electron chi connectivity index (χ2n) is 4.83. The molecule has 2 N–H and O–H groups in total. The summed E-state index contributed by atoms with van der Waals surface area (Å²) in [5.41, 5.74) is 1.12. The molecule has 8 nitrogen and oxygen atoms in total. The van der Waals surface area contributed by atoms with Gasteiger partial charge in [0.1, 0.15) is 12.4 Å². The predicted molar refractivity (Wildman–Crippen MR) is 90.7 cm³/mol. The molecule has 10 heteroatoms. The van der Waals surface area contributed by atoms with Crippen molar-refractivity contribution in [2.75, 3.05) is 18.5 Å². The van der Waals surface area contributed by atoms with Crippen LogP contribution in [0.4, 0.5) is 5.13 Å². The second kappa shape index (κ2) is 8.18. The second-order valence-corrected chi connectivity index (χ2v) is 7.75. The molecule has 2 rings (SSSR count). The van der Waals surface area contributed by atoms with Crippen molar-refractivity contribution in [1.29, 1.82) is 0 Å². The van der Waals surface area contributed by atoms with Gasteiger partial charge in [-0.1, -0.05) is 36.0 Å². The predicted octanol–water partition coefficient (Wildman–Crippen LogP) is 1.55. The van der Waals surface area contributed by atoms with E-state index in [1.807, 2.05) is 31.2 Å². The van der Waals surface area contributed by atoms with Crippen LogP contribution in [-0.4, -0.2) is 37.7 Å². The monoisotopic (exact) mass is 370 g/mol. The fourth-order valence-electron chi connectivity index (χ4n) is 1.62. The Kier molecular flexibility index (Phi) is 6.23. The number of rotatable bonds is 8. The molecule has 0 fully saturated rings. The summed E-state index contributed by atoms with van der Waals surface area (Å²) in [4.78, 5) is 11.3. The lowest BCUT2D eigenvalue weighted by Crippen LogP contribution is -2.28. The Labute approximate surface area is 144 Å². The molecule has 0 bridgehead atoms. The van der Waals surface area contributed by atoms with Crippen molar-refractivity contribution in [3.63, 3.8) is 0 Å². The zero-order valence-electron chi connectivity index (χ0n) is 13.3. The van der Waals surface area contributed by atoms with Gasteiger partial charge in [0, 0.05) is 13.0 Å². The maximum atomic E-state index is 12.1. The third kappa shape index (κ3) is 5.25. The number of amides is 1. The Bertz CT molecular complexity index is 787. The molecule has 0 spiro atoms. The summed E-state index contributed by atoms with van der Waals surface area (Å²) in [7, 11) is -3.78. The van der Waals surface area contributed by atoms with Crippen LogP contribution in [0.2, 0.25) is 0 Å². The molecular weight excluding hydrogens is 352 g/mol. The number of ether oxygens (including phenoxy) is 1. The first kappa shape index (κ1) is 18.3. The molecule has 0 atom stereocenters. The highest BCUT2D eigenvalue weighted by Gasteiger charge is 2.20. The Morgan fingerprint density at radius 3 is 2.62 bits per heavy atom. The summed E-state index contributed by atoms with van der Waals surface area (Å²) in [5.74, 6) is 0.412. The number of anilines is 1. The van der Waals surface area contributed by atoms with Crippen LogP contribution < -0.4 is 14.8 Å². The van der Waals surface area contributed by atoms with Gasteiger partial charge in [0.05, 0.1) is 0 Å². The van der Waals surface area contributed by atoms with Crippen LogP contribution >= 0.6 is 11.3 Å². The average molecular weight is 370 g/mol. The number of aryl methyl sites for hydroxylation is 1. The third-order valence-electron chi connectivity index (χ3n) is 2.89. The average Bonchev–Trinajstić information content (AvgIpc) is 3.02. The molecule has 2 aromatic rings. The van der Waals surface area contributed by atoms with Crippen molar-refractivity contribution in [2.45, 2.75) is 24.6 Å². The standard InChI is InChI=1S/C14H18N4O4S2/c1-3-12(19)16-13-17-18-14(23-13)24(20,21)15-8-9-22-11-6-4-10(2)5-7-11/h4-7,15H,3,8-9H2,1-2H3,(H,16,17,19). The lowest BCUT2D eigenvalue weighted by Gasteiger charge is -2.07. The van der Waals surface area contributed by atoms with Crippen molar-refractivity contribution < 1.29 is 17.9 Å². The van der Waals surface area contributed by atoms with Gasteiger partial charge in [0.2, 0.25) is 15.4 Å². The summed E-state index contributed by atoms with van der Waals surface area (Å²) in [6.45, 7) is 3.92. The summed E-state index contributed by atoms with van der Waals surface area (Å²) in [5, 5.41) is 9.84. The smallest absolute Gasteiger partial charge is 0.269 e. The molecule has 0 saturated carbocycles. The Morgan fingerprint density at radius 1 is 1.25 bits per heavy atom. The van der Waals surface area contributed by atoms with E-state index in [0.29, 0.717) is 5.75 Å². The molecule has 130 valence electrons. The van der Waals surface area contributed by atoms with Gasteiger partial charge >= 0.3 is 0 Å². The van der Waals surface area contributed by atoms with Crippen molar-refractivity contribution in [3.05, 3.63) is 29.8 Å². The summed E-state index contributed by atoms with van der Waals surface area (Å²) in [6.07, 6.45) is 0.274. The molecule has 0 unspecified atom stereocenters. The highest BCUT2D eigenvalue weighted by atomic mass is 32.2. The SMILES string of the molecule is CCC(=O)Nc1nnc(S(=O)(=O)NCCOc2ccc(C)cc2)s1. The minimum Gasteiger partial charge on any atom is -0.492 e. The van der Waals surface area contributed by atoms with Gasteiger partial charge in [0.15, 0.2) is 0 Å².